The van der Waals surface area contributed by atoms with E-state index in [4.69, 9.17) is 14.5 Å². The van der Waals surface area contributed by atoms with Gasteiger partial charge in [-0.05, 0) is 35.9 Å². The maximum atomic E-state index is 15.7. The van der Waals surface area contributed by atoms with Crippen molar-refractivity contribution in [2.24, 2.45) is 0 Å². The SMILES string of the molecule is C[C@@H](c1nc(-c2ccc(C#N)cc2)cs1)[C@@](Cn1cncn1)(OCOC(=O)c1ccc(CN2CCN(C=O)CC2)cc1)c1ccc(F)cc1F. The van der Waals surface area contributed by atoms with Gasteiger partial charge in [0, 0.05) is 61.2 Å². The third-order valence-corrected chi connectivity index (χ3v) is 9.84. The van der Waals surface area contributed by atoms with Gasteiger partial charge < -0.3 is 14.4 Å². The number of amides is 1. The summed E-state index contributed by atoms with van der Waals surface area (Å²) in [6.45, 7) is 4.73. The molecule has 2 aromatic heterocycles. The molecule has 50 heavy (non-hydrogen) atoms. The van der Waals surface area contributed by atoms with Crippen LogP contribution in [0.25, 0.3) is 11.3 Å². The van der Waals surface area contributed by atoms with Crippen LogP contribution in [0.2, 0.25) is 0 Å². The largest absolute Gasteiger partial charge is 0.435 e. The molecule has 0 aliphatic carbocycles. The van der Waals surface area contributed by atoms with Crippen LogP contribution in [-0.2, 0) is 33.0 Å². The maximum Gasteiger partial charge on any atom is 0.340 e. The van der Waals surface area contributed by atoms with Crippen LogP contribution in [0.4, 0.5) is 8.78 Å². The average molecular weight is 698 g/mol. The number of esters is 1. The van der Waals surface area contributed by atoms with E-state index in [0.29, 0.717) is 41.5 Å². The Bertz CT molecular complexity index is 1960. The number of nitrogens with zero attached hydrogens (tertiary/aromatic N) is 7. The van der Waals surface area contributed by atoms with E-state index in [1.54, 1.807) is 48.2 Å². The van der Waals surface area contributed by atoms with Gasteiger partial charge in [-0.3, -0.25) is 9.69 Å². The van der Waals surface area contributed by atoms with E-state index >= 15 is 4.39 Å². The van der Waals surface area contributed by atoms with Crippen LogP contribution in [0.1, 0.15) is 44.9 Å². The van der Waals surface area contributed by atoms with Crippen LogP contribution in [0.3, 0.4) is 0 Å². The average Bonchev–Trinajstić information content (AvgIpc) is 3.85. The molecule has 0 bridgehead atoms. The Morgan fingerprint density at radius 1 is 1.08 bits per heavy atom. The molecule has 11 nitrogen and oxygen atoms in total. The van der Waals surface area contributed by atoms with Crippen molar-refractivity contribution < 1.29 is 27.8 Å². The van der Waals surface area contributed by atoms with E-state index in [9.17, 15) is 19.2 Å². The van der Waals surface area contributed by atoms with Crippen LogP contribution < -0.4 is 0 Å². The molecule has 0 radical (unpaired) electrons. The number of carbonyl (C=O) groups excluding carboxylic acids is 2. The van der Waals surface area contributed by atoms with Crippen molar-refractivity contribution >= 4 is 23.7 Å². The van der Waals surface area contributed by atoms with Crippen LogP contribution in [0, 0.1) is 23.0 Å². The molecule has 256 valence electrons. The number of hydrogen-bond acceptors (Lipinski definition) is 10. The third kappa shape index (κ3) is 7.76. The Morgan fingerprint density at radius 3 is 2.50 bits per heavy atom. The lowest BCUT2D eigenvalue weighted by molar-refractivity contribution is -0.148. The zero-order chi connectivity index (χ0) is 35.1. The first-order chi connectivity index (χ1) is 24.3. The summed E-state index contributed by atoms with van der Waals surface area (Å²) >= 11 is 1.33. The van der Waals surface area contributed by atoms with Crippen molar-refractivity contribution in [1.82, 2.24) is 29.5 Å². The lowest BCUT2D eigenvalue weighted by Crippen LogP contribution is -2.45. The monoisotopic (exact) mass is 697 g/mol. The minimum atomic E-state index is -1.59. The van der Waals surface area contributed by atoms with Gasteiger partial charge >= 0.3 is 5.97 Å². The van der Waals surface area contributed by atoms with Gasteiger partial charge in [-0.2, -0.15) is 10.4 Å². The molecule has 1 amide bonds. The van der Waals surface area contributed by atoms with Gasteiger partial charge in [0.05, 0.1) is 34.4 Å². The van der Waals surface area contributed by atoms with Gasteiger partial charge in [-0.1, -0.05) is 37.3 Å². The molecule has 0 spiro atoms. The molecule has 1 aliphatic rings. The summed E-state index contributed by atoms with van der Waals surface area (Å²) < 4.78 is 43.4. The lowest BCUT2D eigenvalue weighted by atomic mass is 9.81. The fourth-order valence-corrected chi connectivity index (χ4v) is 6.90. The summed E-state index contributed by atoms with van der Waals surface area (Å²) in [5.41, 5.74) is 1.69. The van der Waals surface area contributed by atoms with Gasteiger partial charge in [-0.15, -0.1) is 11.3 Å². The Hall–Kier alpha value is -5.36. The van der Waals surface area contributed by atoms with Crippen LogP contribution in [-0.4, -0.2) is 74.9 Å². The van der Waals surface area contributed by atoms with Crippen molar-refractivity contribution in [3.63, 3.8) is 0 Å². The standard InChI is InChI=1S/C36H33F2N7O4S/c1-25(34-42-33(19-50-34)28-6-2-26(17-39)3-7-28)36(20-45-22-40-21-41-45,31-11-10-30(37)16-32(31)38)49-24-48-35(47)29-8-4-27(5-9-29)18-43-12-14-44(23-46)15-13-43/h2-11,16,19,21-23,25H,12-15,18,20,24H2,1H3/t25-,36+/m0/s1. The molecule has 3 heterocycles. The highest BCUT2D eigenvalue weighted by Gasteiger charge is 2.45. The molecule has 2 atom stereocenters. The Morgan fingerprint density at radius 2 is 1.84 bits per heavy atom. The highest BCUT2D eigenvalue weighted by atomic mass is 32.1. The minimum absolute atomic E-state index is 0.0198. The number of nitriles is 1. The zero-order valence-electron chi connectivity index (χ0n) is 27.1. The first-order valence-corrected chi connectivity index (χ1v) is 16.7. The Labute approximate surface area is 291 Å². The van der Waals surface area contributed by atoms with E-state index in [2.05, 4.69) is 21.1 Å². The number of rotatable bonds is 13. The topological polar surface area (TPSA) is 126 Å². The molecule has 5 aromatic rings. The molecule has 6 rings (SSSR count). The van der Waals surface area contributed by atoms with Gasteiger partial charge in [0.2, 0.25) is 6.41 Å². The number of ether oxygens (including phenoxy) is 2. The van der Waals surface area contributed by atoms with Gasteiger partial charge in [-0.25, -0.2) is 28.2 Å². The third-order valence-electron chi connectivity index (χ3n) is 8.81. The second-order valence-electron chi connectivity index (χ2n) is 11.9. The molecule has 0 saturated carbocycles. The fourth-order valence-electron chi connectivity index (χ4n) is 5.93. The summed E-state index contributed by atoms with van der Waals surface area (Å²) in [6.07, 6.45) is 3.65. The number of benzene rings is 3. The first kappa shape index (κ1) is 34.5. The fraction of sp³-hybridized carbons (Fsp3) is 0.278. The van der Waals surface area contributed by atoms with Crippen molar-refractivity contribution in [2.75, 3.05) is 33.0 Å². The number of thiazole rings is 1. The van der Waals surface area contributed by atoms with E-state index in [-0.39, 0.29) is 12.1 Å². The Balaban J connectivity index is 1.24. The quantitative estimate of drug-likeness (QED) is 0.0909. The van der Waals surface area contributed by atoms with Crippen molar-refractivity contribution in [3.05, 3.63) is 124 Å². The predicted molar refractivity (Wildman–Crippen MR) is 179 cm³/mol. The molecule has 1 saturated heterocycles. The maximum absolute atomic E-state index is 15.7. The predicted octanol–water partition coefficient (Wildman–Crippen LogP) is 5.36. The molecule has 0 N–H and O–H groups in total. The van der Waals surface area contributed by atoms with E-state index in [0.717, 1.165) is 42.8 Å². The normalized spacial score (nSPS) is 15.2. The minimum Gasteiger partial charge on any atom is -0.435 e. The summed E-state index contributed by atoms with van der Waals surface area (Å²) in [6, 6.07) is 19.4. The van der Waals surface area contributed by atoms with Crippen molar-refractivity contribution in [1.29, 1.82) is 5.26 Å². The lowest BCUT2D eigenvalue weighted by Gasteiger charge is -2.38. The van der Waals surface area contributed by atoms with E-state index in [1.165, 1.54) is 34.7 Å². The zero-order valence-corrected chi connectivity index (χ0v) is 27.9. The number of aromatic nitrogens is 4. The summed E-state index contributed by atoms with van der Waals surface area (Å²) in [5.74, 6) is -2.93. The van der Waals surface area contributed by atoms with Crippen molar-refractivity contribution in [3.8, 4) is 17.3 Å². The van der Waals surface area contributed by atoms with Gasteiger partial charge in [0.1, 0.15) is 29.9 Å². The summed E-state index contributed by atoms with van der Waals surface area (Å²) in [7, 11) is 0. The molecule has 14 heteroatoms. The van der Waals surface area contributed by atoms with Crippen LogP contribution in [0.5, 0.6) is 0 Å². The van der Waals surface area contributed by atoms with Gasteiger partial charge in [0.15, 0.2) is 6.79 Å². The van der Waals surface area contributed by atoms with Crippen molar-refractivity contribution in [2.45, 2.75) is 31.5 Å². The van der Waals surface area contributed by atoms with Crippen LogP contribution in [0.15, 0.2) is 84.8 Å². The molecular formula is C36H33F2N7O4S. The van der Waals surface area contributed by atoms with Crippen LogP contribution >= 0.6 is 11.3 Å². The second kappa shape index (κ2) is 15.5. The summed E-state index contributed by atoms with van der Waals surface area (Å²) in [5, 5.41) is 15.8. The number of piperazine rings is 1. The van der Waals surface area contributed by atoms with E-state index < -0.39 is 35.9 Å². The van der Waals surface area contributed by atoms with E-state index in [1.807, 2.05) is 17.5 Å². The number of halogens is 2. The first-order valence-electron chi connectivity index (χ1n) is 15.8. The number of hydrogen-bond donors (Lipinski definition) is 0. The highest BCUT2D eigenvalue weighted by Crippen LogP contribution is 2.44. The molecule has 0 unspecified atom stereocenters. The molecular weight excluding hydrogens is 665 g/mol. The highest BCUT2D eigenvalue weighted by molar-refractivity contribution is 7.10. The second-order valence-corrected chi connectivity index (χ2v) is 12.8. The molecule has 3 aromatic carbocycles. The van der Waals surface area contributed by atoms with Gasteiger partial charge in [0.25, 0.3) is 0 Å². The summed E-state index contributed by atoms with van der Waals surface area (Å²) in [4.78, 5) is 37.0. The Kier molecular flexibility index (Phi) is 10.7. The smallest absolute Gasteiger partial charge is 0.340 e. The molecule has 1 aliphatic heterocycles. The number of carbonyl (C=O) groups is 2. The molecule has 1 fully saturated rings.